The minimum atomic E-state index is -0.334. The molecular weight excluding hydrogens is 342 g/mol. The number of aryl methyl sites for hydroxylation is 3. The Kier molecular flexibility index (Phi) is 7.83. The molecule has 0 amide bonds. The third kappa shape index (κ3) is 4.89. The molecule has 0 radical (unpaired) electrons. The molecular formula is C20H35N5O2. The smallest absolute Gasteiger partial charge is 0.322 e. The molecule has 2 aromatic heterocycles. The molecule has 2 heterocycles. The zero-order valence-corrected chi connectivity index (χ0v) is 17.6. The molecule has 7 nitrogen and oxygen atoms in total. The Balaban J connectivity index is 2.08. The third-order valence-corrected chi connectivity index (χ3v) is 5.30. The largest absolute Gasteiger partial charge is 0.332 e. The molecule has 0 saturated heterocycles. The first-order valence-electron chi connectivity index (χ1n) is 10.3. The fourth-order valence-electron chi connectivity index (χ4n) is 3.53. The van der Waals surface area contributed by atoms with Gasteiger partial charge in [-0.1, -0.05) is 26.7 Å². The number of aromatic nitrogens is 4. The quantitative estimate of drug-likeness (QED) is 0.564. The van der Waals surface area contributed by atoms with Gasteiger partial charge in [0.15, 0.2) is 11.2 Å². The van der Waals surface area contributed by atoms with E-state index in [0.29, 0.717) is 11.2 Å². The van der Waals surface area contributed by atoms with Crippen molar-refractivity contribution in [2.24, 2.45) is 14.1 Å². The predicted octanol–water partition coefficient (Wildman–Crippen LogP) is 2.42. The highest BCUT2D eigenvalue weighted by molar-refractivity contribution is 5.70. The van der Waals surface area contributed by atoms with Gasteiger partial charge < -0.3 is 9.47 Å². The summed E-state index contributed by atoms with van der Waals surface area (Å²) >= 11 is 0. The molecule has 0 aromatic carbocycles. The first-order valence-corrected chi connectivity index (χ1v) is 10.3. The maximum atomic E-state index is 12.6. The van der Waals surface area contributed by atoms with Crippen molar-refractivity contribution in [3.63, 3.8) is 0 Å². The average molecular weight is 378 g/mol. The first-order chi connectivity index (χ1) is 12.9. The molecule has 2 rings (SSSR count). The van der Waals surface area contributed by atoms with E-state index < -0.39 is 0 Å². The van der Waals surface area contributed by atoms with Gasteiger partial charge in [-0.15, -0.1) is 0 Å². The second-order valence-corrected chi connectivity index (χ2v) is 7.44. The zero-order chi connectivity index (χ0) is 20.0. The van der Waals surface area contributed by atoms with Gasteiger partial charge >= 0.3 is 5.69 Å². The van der Waals surface area contributed by atoms with Crippen LogP contribution in [-0.2, 0) is 20.6 Å². The van der Waals surface area contributed by atoms with Crippen molar-refractivity contribution in [2.45, 2.75) is 65.8 Å². The van der Waals surface area contributed by atoms with Gasteiger partial charge in [0.2, 0.25) is 0 Å². The number of rotatable bonds is 11. The highest BCUT2D eigenvalue weighted by Gasteiger charge is 2.16. The zero-order valence-electron chi connectivity index (χ0n) is 17.6. The van der Waals surface area contributed by atoms with Gasteiger partial charge in [0.25, 0.3) is 5.56 Å². The van der Waals surface area contributed by atoms with Crippen molar-refractivity contribution in [1.82, 2.24) is 23.6 Å². The van der Waals surface area contributed by atoms with E-state index in [-0.39, 0.29) is 11.2 Å². The number of hydrogen-bond acceptors (Lipinski definition) is 4. The lowest BCUT2D eigenvalue weighted by atomic mass is 10.2. The molecule has 0 bridgehead atoms. The average Bonchev–Trinajstić information content (AvgIpc) is 2.99. The highest BCUT2D eigenvalue weighted by atomic mass is 16.2. The van der Waals surface area contributed by atoms with Crippen molar-refractivity contribution in [3.05, 3.63) is 26.7 Å². The molecule has 152 valence electrons. The molecule has 0 spiro atoms. The van der Waals surface area contributed by atoms with Crippen LogP contribution in [0.15, 0.2) is 9.59 Å². The Morgan fingerprint density at radius 3 is 2.07 bits per heavy atom. The molecule has 27 heavy (non-hydrogen) atoms. The summed E-state index contributed by atoms with van der Waals surface area (Å²) in [5.41, 5.74) is 0.417. The van der Waals surface area contributed by atoms with Crippen LogP contribution >= 0.6 is 0 Å². The number of fused-ring (bicyclic) bond motifs is 1. The van der Waals surface area contributed by atoms with Crippen molar-refractivity contribution >= 4 is 11.2 Å². The Hall–Kier alpha value is -1.89. The lowest BCUT2D eigenvalue weighted by Crippen LogP contribution is -2.37. The maximum absolute atomic E-state index is 12.6. The van der Waals surface area contributed by atoms with Gasteiger partial charge in [-0.05, 0) is 52.2 Å². The van der Waals surface area contributed by atoms with Crippen molar-refractivity contribution in [2.75, 3.05) is 19.6 Å². The molecule has 0 aliphatic rings. The van der Waals surface area contributed by atoms with Gasteiger partial charge in [0.05, 0.1) is 0 Å². The van der Waals surface area contributed by atoms with E-state index in [4.69, 9.17) is 0 Å². The fourth-order valence-corrected chi connectivity index (χ4v) is 3.53. The van der Waals surface area contributed by atoms with Gasteiger partial charge in [-0.2, -0.15) is 0 Å². The Labute approximate surface area is 161 Å². The van der Waals surface area contributed by atoms with Crippen molar-refractivity contribution < 1.29 is 0 Å². The summed E-state index contributed by atoms with van der Waals surface area (Å²) in [7, 11) is 3.19. The molecule has 0 atom stereocenters. The van der Waals surface area contributed by atoms with Crippen LogP contribution in [0.2, 0.25) is 0 Å². The SMILES string of the molecule is CCCCN(CCCC)CCCCn1c(C)nc2c1c(=O)n(C)c(=O)n2C. The van der Waals surface area contributed by atoms with Crippen molar-refractivity contribution in [3.8, 4) is 0 Å². The second-order valence-electron chi connectivity index (χ2n) is 7.44. The van der Waals surface area contributed by atoms with Crippen LogP contribution in [0.5, 0.6) is 0 Å². The lowest BCUT2D eigenvalue weighted by Gasteiger charge is -2.22. The van der Waals surface area contributed by atoms with E-state index in [2.05, 4.69) is 23.7 Å². The predicted molar refractivity (Wildman–Crippen MR) is 110 cm³/mol. The minimum absolute atomic E-state index is 0.263. The van der Waals surface area contributed by atoms with Crippen LogP contribution in [0.4, 0.5) is 0 Å². The molecule has 0 aliphatic heterocycles. The summed E-state index contributed by atoms with van der Waals surface area (Å²) in [6.45, 7) is 10.6. The number of hydrogen-bond donors (Lipinski definition) is 0. The Bertz CT molecular complexity index is 854. The normalized spacial score (nSPS) is 11.8. The third-order valence-electron chi connectivity index (χ3n) is 5.30. The van der Waals surface area contributed by atoms with E-state index in [1.165, 1.54) is 50.4 Å². The fraction of sp³-hybridized carbons (Fsp3) is 0.750. The van der Waals surface area contributed by atoms with E-state index in [0.717, 1.165) is 36.3 Å². The van der Waals surface area contributed by atoms with Gasteiger partial charge in [-0.3, -0.25) is 13.9 Å². The van der Waals surface area contributed by atoms with Crippen LogP contribution < -0.4 is 11.2 Å². The molecule has 0 aliphatic carbocycles. The van der Waals surface area contributed by atoms with Crippen LogP contribution in [0.25, 0.3) is 11.2 Å². The highest BCUT2D eigenvalue weighted by Crippen LogP contribution is 2.12. The van der Waals surface area contributed by atoms with E-state index in [9.17, 15) is 9.59 Å². The number of imidazole rings is 1. The topological polar surface area (TPSA) is 65.1 Å². The Morgan fingerprint density at radius 1 is 0.889 bits per heavy atom. The van der Waals surface area contributed by atoms with Crippen LogP contribution in [0, 0.1) is 6.92 Å². The van der Waals surface area contributed by atoms with Gasteiger partial charge in [0, 0.05) is 20.6 Å². The Morgan fingerprint density at radius 2 is 1.48 bits per heavy atom. The molecule has 2 aromatic rings. The van der Waals surface area contributed by atoms with E-state index in [1.807, 2.05) is 11.5 Å². The second kappa shape index (κ2) is 9.88. The van der Waals surface area contributed by atoms with Crippen LogP contribution in [0.1, 0.15) is 58.2 Å². The molecule has 0 N–H and O–H groups in total. The summed E-state index contributed by atoms with van der Waals surface area (Å²) in [6, 6.07) is 0. The minimum Gasteiger partial charge on any atom is -0.322 e. The standard InChI is InChI=1S/C20H35N5O2/c1-6-8-12-24(13-9-7-2)14-10-11-15-25-16(3)21-18-17(25)19(26)23(5)20(27)22(18)4/h6-15H2,1-5H3. The van der Waals surface area contributed by atoms with Gasteiger partial charge in [0.1, 0.15) is 5.82 Å². The monoisotopic (exact) mass is 377 g/mol. The molecule has 7 heteroatoms. The maximum Gasteiger partial charge on any atom is 0.332 e. The number of unbranched alkanes of at least 4 members (excludes halogenated alkanes) is 3. The summed E-state index contributed by atoms with van der Waals surface area (Å²) in [5.74, 6) is 0.789. The van der Waals surface area contributed by atoms with E-state index in [1.54, 1.807) is 7.05 Å². The number of nitrogens with zero attached hydrogens (tertiary/aromatic N) is 5. The van der Waals surface area contributed by atoms with E-state index >= 15 is 0 Å². The lowest BCUT2D eigenvalue weighted by molar-refractivity contribution is 0.258. The van der Waals surface area contributed by atoms with Crippen molar-refractivity contribution in [1.29, 1.82) is 0 Å². The summed E-state index contributed by atoms with van der Waals surface area (Å²) in [4.78, 5) is 31.7. The summed E-state index contributed by atoms with van der Waals surface area (Å²) in [6.07, 6.45) is 7.04. The van der Waals surface area contributed by atoms with Crippen LogP contribution in [-0.4, -0.2) is 43.2 Å². The summed E-state index contributed by atoms with van der Waals surface area (Å²) < 4.78 is 4.59. The van der Waals surface area contributed by atoms with Crippen LogP contribution in [0.3, 0.4) is 0 Å². The molecule has 0 fully saturated rings. The summed E-state index contributed by atoms with van der Waals surface area (Å²) in [5, 5.41) is 0. The first kappa shape index (κ1) is 21.4. The molecule has 0 saturated carbocycles. The molecule has 0 unspecified atom stereocenters. The van der Waals surface area contributed by atoms with Gasteiger partial charge in [-0.25, -0.2) is 9.78 Å².